The molecule has 0 spiro atoms. The van der Waals surface area contributed by atoms with E-state index >= 15 is 0 Å². The Balaban J connectivity index is 2.32. The number of aromatic nitrogens is 3. The molecule has 2 aromatic rings. The lowest BCUT2D eigenvalue weighted by molar-refractivity contribution is 0.0600. The minimum atomic E-state index is -0.412. The molecule has 0 bridgehead atoms. The number of aryl methyl sites for hydroxylation is 1. The number of nitrogens with zero attached hydrogens (tertiary/aromatic N) is 3. The molecule has 17 heavy (non-hydrogen) atoms. The Morgan fingerprint density at radius 3 is 2.65 bits per heavy atom. The van der Waals surface area contributed by atoms with E-state index in [0.717, 1.165) is 0 Å². The Kier molecular flexibility index (Phi) is 2.78. The van der Waals surface area contributed by atoms with Crippen LogP contribution in [0.15, 0.2) is 24.4 Å². The number of methoxy groups -OCH3 is 1. The minimum Gasteiger partial charge on any atom is -0.465 e. The van der Waals surface area contributed by atoms with Gasteiger partial charge in [-0.15, -0.1) is 0 Å². The summed E-state index contributed by atoms with van der Waals surface area (Å²) >= 11 is 0. The molecule has 6 heteroatoms. The molecule has 88 valence electrons. The standard InChI is InChI=1S/C11H12N4O2/c1-15-10(12)5-9(14-15)8-4-3-7(6-13-8)11(16)17-2/h3-6H,12H2,1-2H3. The second-order valence-electron chi connectivity index (χ2n) is 3.50. The molecule has 6 nitrogen and oxygen atoms in total. The summed E-state index contributed by atoms with van der Waals surface area (Å²) in [6.45, 7) is 0. The lowest BCUT2D eigenvalue weighted by Crippen LogP contribution is -2.01. The van der Waals surface area contributed by atoms with Gasteiger partial charge in [0.2, 0.25) is 0 Å². The van der Waals surface area contributed by atoms with Gasteiger partial charge in [0.1, 0.15) is 11.5 Å². The minimum absolute atomic E-state index is 0.403. The fourth-order valence-corrected chi connectivity index (χ4v) is 1.39. The maximum absolute atomic E-state index is 11.2. The van der Waals surface area contributed by atoms with Crippen molar-refractivity contribution in [2.24, 2.45) is 7.05 Å². The van der Waals surface area contributed by atoms with E-state index in [0.29, 0.717) is 22.8 Å². The van der Waals surface area contributed by atoms with Gasteiger partial charge in [0, 0.05) is 19.3 Å². The highest BCUT2D eigenvalue weighted by molar-refractivity contribution is 5.89. The summed E-state index contributed by atoms with van der Waals surface area (Å²) in [5.74, 6) is 0.142. The Morgan fingerprint density at radius 2 is 2.18 bits per heavy atom. The van der Waals surface area contributed by atoms with Gasteiger partial charge in [-0.25, -0.2) is 4.79 Å². The highest BCUT2D eigenvalue weighted by Gasteiger charge is 2.09. The Labute approximate surface area is 98.0 Å². The number of pyridine rings is 1. The lowest BCUT2D eigenvalue weighted by atomic mass is 10.2. The number of hydrogen-bond donors (Lipinski definition) is 1. The number of esters is 1. The van der Waals surface area contributed by atoms with Crippen molar-refractivity contribution in [2.45, 2.75) is 0 Å². The number of nitrogens with two attached hydrogens (primary N) is 1. The summed E-state index contributed by atoms with van der Waals surface area (Å²) in [5, 5.41) is 4.19. The van der Waals surface area contributed by atoms with E-state index in [2.05, 4.69) is 14.8 Å². The average Bonchev–Trinajstić information content (AvgIpc) is 2.69. The smallest absolute Gasteiger partial charge is 0.339 e. The van der Waals surface area contributed by atoms with E-state index in [1.54, 1.807) is 29.9 Å². The van der Waals surface area contributed by atoms with Crippen LogP contribution in [0.2, 0.25) is 0 Å². The molecule has 0 atom stereocenters. The number of carbonyl (C=O) groups excluding carboxylic acids is 1. The third-order valence-electron chi connectivity index (χ3n) is 2.36. The average molecular weight is 232 g/mol. The molecule has 2 aromatic heterocycles. The first-order chi connectivity index (χ1) is 8.11. The highest BCUT2D eigenvalue weighted by Crippen LogP contribution is 2.17. The van der Waals surface area contributed by atoms with Crippen molar-refractivity contribution in [3.63, 3.8) is 0 Å². The van der Waals surface area contributed by atoms with Crippen LogP contribution in [0.5, 0.6) is 0 Å². The number of anilines is 1. The summed E-state index contributed by atoms with van der Waals surface area (Å²) in [7, 11) is 3.08. The van der Waals surface area contributed by atoms with Gasteiger partial charge in [-0.3, -0.25) is 9.67 Å². The second-order valence-corrected chi connectivity index (χ2v) is 3.50. The molecule has 0 saturated heterocycles. The molecule has 0 saturated carbocycles. The molecule has 2 heterocycles. The highest BCUT2D eigenvalue weighted by atomic mass is 16.5. The Bertz CT molecular complexity index is 526. The van der Waals surface area contributed by atoms with E-state index in [4.69, 9.17) is 5.73 Å². The molecule has 0 aliphatic rings. The van der Waals surface area contributed by atoms with Crippen molar-refractivity contribution in [3.8, 4) is 11.4 Å². The molecule has 0 radical (unpaired) electrons. The van der Waals surface area contributed by atoms with E-state index in [1.807, 2.05) is 0 Å². The number of ether oxygens (including phenoxy) is 1. The van der Waals surface area contributed by atoms with Crippen molar-refractivity contribution in [2.75, 3.05) is 12.8 Å². The SMILES string of the molecule is COC(=O)c1ccc(-c2cc(N)n(C)n2)nc1. The predicted molar refractivity (Wildman–Crippen MR) is 62.2 cm³/mol. The largest absolute Gasteiger partial charge is 0.465 e. The quantitative estimate of drug-likeness (QED) is 0.776. The zero-order valence-corrected chi connectivity index (χ0v) is 9.54. The summed E-state index contributed by atoms with van der Waals surface area (Å²) < 4.78 is 6.15. The summed E-state index contributed by atoms with van der Waals surface area (Å²) in [5.41, 5.74) is 7.40. The summed E-state index contributed by atoms with van der Waals surface area (Å²) in [6.07, 6.45) is 1.45. The molecule has 0 fully saturated rings. The van der Waals surface area contributed by atoms with E-state index in [-0.39, 0.29) is 0 Å². The topological polar surface area (TPSA) is 83.0 Å². The third kappa shape index (κ3) is 2.10. The van der Waals surface area contributed by atoms with Gasteiger partial charge in [-0.05, 0) is 12.1 Å². The van der Waals surface area contributed by atoms with Crippen molar-refractivity contribution in [3.05, 3.63) is 30.0 Å². The van der Waals surface area contributed by atoms with Crippen LogP contribution in [0, 0.1) is 0 Å². The number of hydrogen-bond acceptors (Lipinski definition) is 5. The van der Waals surface area contributed by atoms with Crippen LogP contribution in [0.4, 0.5) is 5.82 Å². The van der Waals surface area contributed by atoms with Gasteiger partial charge >= 0.3 is 5.97 Å². The molecule has 0 aliphatic heterocycles. The first-order valence-electron chi connectivity index (χ1n) is 4.96. The zero-order valence-electron chi connectivity index (χ0n) is 9.54. The molecular weight excluding hydrogens is 220 g/mol. The lowest BCUT2D eigenvalue weighted by Gasteiger charge is -1.99. The van der Waals surface area contributed by atoms with Crippen molar-refractivity contribution < 1.29 is 9.53 Å². The molecule has 0 aromatic carbocycles. The van der Waals surface area contributed by atoms with Crippen LogP contribution in [0.3, 0.4) is 0 Å². The van der Waals surface area contributed by atoms with Gasteiger partial charge in [-0.1, -0.05) is 0 Å². The van der Waals surface area contributed by atoms with Crippen molar-refractivity contribution in [1.29, 1.82) is 0 Å². The predicted octanol–water partition coefficient (Wildman–Crippen LogP) is 0.851. The monoisotopic (exact) mass is 232 g/mol. The van der Waals surface area contributed by atoms with Gasteiger partial charge in [0.05, 0.1) is 18.4 Å². The fourth-order valence-electron chi connectivity index (χ4n) is 1.39. The third-order valence-corrected chi connectivity index (χ3v) is 2.36. The van der Waals surface area contributed by atoms with Gasteiger partial charge in [0.25, 0.3) is 0 Å². The van der Waals surface area contributed by atoms with Gasteiger partial charge in [0.15, 0.2) is 0 Å². The Morgan fingerprint density at radius 1 is 1.41 bits per heavy atom. The second kappa shape index (κ2) is 4.25. The van der Waals surface area contributed by atoms with Gasteiger partial charge < -0.3 is 10.5 Å². The Hall–Kier alpha value is -2.37. The molecular formula is C11H12N4O2. The number of carbonyl (C=O) groups is 1. The van der Waals surface area contributed by atoms with Crippen LogP contribution in [0.1, 0.15) is 10.4 Å². The summed E-state index contributed by atoms with van der Waals surface area (Å²) in [6, 6.07) is 5.06. The number of rotatable bonds is 2. The molecule has 2 rings (SSSR count). The molecule has 2 N–H and O–H groups in total. The van der Waals surface area contributed by atoms with Crippen LogP contribution in [0.25, 0.3) is 11.4 Å². The van der Waals surface area contributed by atoms with Crippen LogP contribution >= 0.6 is 0 Å². The van der Waals surface area contributed by atoms with Gasteiger partial charge in [-0.2, -0.15) is 5.10 Å². The zero-order chi connectivity index (χ0) is 12.4. The van der Waals surface area contributed by atoms with Crippen molar-refractivity contribution in [1.82, 2.24) is 14.8 Å². The van der Waals surface area contributed by atoms with Crippen LogP contribution in [-0.2, 0) is 11.8 Å². The maximum atomic E-state index is 11.2. The van der Waals surface area contributed by atoms with Crippen LogP contribution < -0.4 is 5.73 Å². The van der Waals surface area contributed by atoms with E-state index in [1.165, 1.54) is 13.3 Å². The molecule has 0 aliphatic carbocycles. The van der Waals surface area contributed by atoms with Crippen LogP contribution in [-0.4, -0.2) is 27.8 Å². The maximum Gasteiger partial charge on any atom is 0.339 e. The normalized spacial score (nSPS) is 10.2. The number of nitrogen functional groups attached to an aromatic ring is 1. The summed E-state index contributed by atoms with van der Waals surface area (Å²) in [4.78, 5) is 15.4. The molecule has 0 unspecified atom stereocenters. The molecule has 0 amide bonds. The van der Waals surface area contributed by atoms with E-state index < -0.39 is 5.97 Å². The van der Waals surface area contributed by atoms with E-state index in [9.17, 15) is 4.79 Å². The first kappa shape index (κ1) is 11.1. The fraction of sp³-hybridized carbons (Fsp3) is 0.182. The van der Waals surface area contributed by atoms with Crippen molar-refractivity contribution >= 4 is 11.8 Å². The first-order valence-corrected chi connectivity index (χ1v) is 4.96.